The molecule has 0 spiro atoms. The molecule has 2 heteroatoms. The lowest BCUT2D eigenvalue weighted by Gasteiger charge is -2.50. The van der Waals surface area contributed by atoms with Crippen LogP contribution in [0.1, 0.15) is 40.0 Å². The molecule has 106 valence electrons. The van der Waals surface area contributed by atoms with Crippen LogP contribution in [-0.2, 0) is 0 Å². The summed E-state index contributed by atoms with van der Waals surface area (Å²) in [5.74, 6) is 0.931. The van der Waals surface area contributed by atoms with E-state index in [4.69, 9.17) is 0 Å². The van der Waals surface area contributed by atoms with E-state index in [1.54, 1.807) is 0 Å². The molecular formula is C16H33N2+. The summed E-state index contributed by atoms with van der Waals surface area (Å²) in [4.78, 5) is 2.75. The third-order valence-electron chi connectivity index (χ3n) is 5.98. The van der Waals surface area contributed by atoms with Gasteiger partial charge in [0.2, 0.25) is 0 Å². The number of piperidine rings is 1. The summed E-state index contributed by atoms with van der Waals surface area (Å²) in [6.45, 7) is 12.8. The highest BCUT2D eigenvalue weighted by Crippen LogP contribution is 2.58. The Kier molecular flexibility index (Phi) is 3.57. The third-order valence-corrected chi connectivity index (χ3v) is 5.98. The highest BCUT2D eigenvalue weighted by atomic mass is 15.3. The molecule has 1 saturated carbocycles. The van der Waals surface area contributed by atoms with Crippen molar-refractivity contribution in [2.24, 2.45) is 16.7 Å². The van der Waals surface area contributed by atoms with Crippen molar-refractivity contribution in [1.29, 1.82) is 0 Å². The molecule has 2 rings (SSSR count). The molecule has 1 heterocycles. The van der Waals surface area contributed by atoms with Crippen molar-refractivity contribution in [2.45, 2.75) is 40.0 Å². The summed E-state index contributed by atoms with van der Waals surface area (Å²) >= 11 is 0. The predicted octanol–water partition coefficient (Wildman–Crippen LogP) is 2.84. The molecule has 0 amide bonds. The standard InChI is InChI=1S/C16H33N2/c1-15(2)14-8-9-16(15,3)13-17(12-14)10-7-11-18(4,5)6/h14H,7-13H2,1-6H3/q+1/t14-,16+/m1/s1. The third kappa shape index (κ3) is 2.60. The Balaban J connectivity index is 1.88. The van der Waals surface area contributed by atoms with E-state index in [1.807, 2.05) is 0 Å². The number of likely N-dealkylation sites (tertiary alicyclic amines) is 1. The van der Waals surface area contributed by atoms with Crippen LogP contribution in [0.5, 0.6) is 0 Å². The van der Waals surface area contributed by atoms with Gasteiger partial charge in [-0.05, 0) is 29.6 Å². The van der Waals surface area contributed by atoms with Crippen molar-refractivity contribution >= 4 is 0 Å². The van der Waals surface area contributed by atoms with Crippen LogP contribution in [0.25, 0.3) is 0 Å². The highest BCUT2D eigenvalue weighted by Gasteiger charge is 2.55. The van der Waals surface area contributed by atoms with Crippen LogP contribution < -0.4 is 0 Å². The van der Waals surface area contributed by atoms with Gasteiger partial charge in [-0.1, -0.05) is 20.8 Å². The van der Waals surface area contributed by atoms with Gasteiger partial charge in [-0.15, -0.1) is 0 Å². The van der Waals surface area contributed by atoms with Gasteiger partial charge >= 0.3 is 0 Å². The lowest BCUT2D eigenvalue weighted by Crippen LogP contribution is -2.52. The minimum absolute atomic E-state index is 0.559. The van der Waals surface area contributed by atoms with E-state index in [0.717, 1.165) is 10.4 Å². The zero-order chi connectivity index (χ0) is 13.6. The first-order chi connectivity index (χ1) is 8.14. The van der Waals surface area contributed by atoms with E-state index in [-0.39, 0.29) is 0 Å². The molecule has 2 atom stereocenters. The van der Waals surface area contributed by atoms with Crippen molar-refractivity contribution in [3.8, 4) is 0 Å². The Morgan fingerprint density at radius 2 is 1.83 bits per heavy atom. The molecule has 0 aromatic carbocycles. The molecule has 2 bridgehead atoms. The number of nitrogens with zero attached hydrogens (tertiary/aromatic N) is 2. The molecule has 0 unspecified atom stereocenters. The first-order valence-corrected chi connectivity index (χ1v) is 7.67. The molecule has 0 aromatic heterocycles. The van der Waals surface area contributed by atoms with Crippen LogP contribution in [0, 0.1) is 16.7 Å². The largest absolute Gasteiger partial charge is 0.331 e. The number of hydrogen-bond acceptors (Lipinski definition) is 1. The van der Waals surface area contributed by atoms with Crippen molar-refractivity contribution in [2.75, 3.05) is 47.3 Å². The van der Waals surface area contributed by atoms with E-state index < -0.39 is 0 Å². The molecule has 0 N–H and O–H groups in total. The maximum absolute atomic E-state index is 2.75. The van der Waals surface area contributed by atoms with E-state index in [9.17, 15) is 0 Å². The molecule has 18 heavy (non-hydrogen) atoms. The van der Waals surface area contributed by atoms with E-state index in [2.05, 4.69) is 46.8 Å². The maximum Gasteiger partial charge on any atom is 0.0792 e. The van der Waals surface area contributed by atoms with Gasteiger partial charge in [-0.25, -0.2) is 0 Å². The highest BCUT2D eigenvalue weighted by molar-refractivity contribution is 5.05. The minimum Gasteiger partial charge on any atom is -0.331 e. The lowest BCUT2D eigenvalue weighted by atomic mass is 9.63. The SMILES string of the molecule is CC1(C)[C@@H]2CC[C@@]1(C)CN(CCC[N+](C)(C)C)C2. The van der Waals surface area contributed by atoms with Crippen LogP contribution >= 0.6 is 0 Å². The van der Waals surface area contributed by atoms with Crippen LogP contribution in [0.3, 0.4) is 0 Å². The average molecular weight is 253 g/mol. The molecular weight excluding hydrogens is 220 g/mol. The number of fused-ring (bicyclic) bond motifs is 2. The summed E-state index contributed by atoms with van der Waals surface area (Å²) in [5.41, 5.74) is 1.12. The van der Waals surface area contributed by atoms with Crippen molar-refractivity contribution in [3.63, 3.8) is 0 Å². The second-order valence-corrected chi connectivity index (χ2v) is 8.62. The van der Waals surface area contributed by atoms with E-state index in [0.29, 0.717) is 10.8 Å². The summed E-state index contributed by atoms with van der Waals surface area (Å²) in [6, 6.07) is 0. The van der Waals surface area contributed by atoms with Crippen LogP contribution in [0.4, 0.5) is 0 Å². The second-order valence-electron chi connectivity index (χ2n) is 8.62. The van der Waals surface area contributed by atoms with Crippen LogP contribution in [0.2, 0.25) is 0 Å². The molecule has 2 aliphatic rings. The van der Waals surface area contributed by atoms with Gasteiger partial charge in [0.1, 0.15) is 0 Å². The first kappa shape index (κ1) is 14.3. The molecule has 2 fully saturated rings. The Morgan fingerprint density at radius 1 is 1.17 bits per heavy atom. The fourth-order valence-electron chi connectivity index (χ4n) is 4.08. The van der Waals surface area contributed by atoms with Crippen molar-refractivity contribution in [1.82, 2.24) is 4.90 Å². The normalized spacial score (nSPS) is 36.0. The van der Waals surface area contributed by atoms with Gasteiger partial charge < -0.3 is 9.38 Å². The Labute approximate surface area is 114 Å². The molecule has 1 saturated heterocycles. The zero-order valence-electron chi connectivity index (χ0n) is 13.4. The number of hydrogen-bond donors (Lipinski definition) is 0. The fraction of sp³-hybridized carbons (Fsp3) is 1.00. The van der Waals surface area contributed by atoms with Gasteiger partial charge in [0.25, 0.3) is 0 Å². The molecule has 1 aliphatic heterocycles. The van der Waals surface area contributed by atoms with Crippen LogP contribution in [0.15, 0.2) is 0 Å². The van der Waals surface area contributed by atoms with Crippen molar-refractivity contribution in [3.05, 3.63) is 0 Å². The smallest absolute Gasteiger partial charge is 0.0792 e. The fourth-order valence-corrected chi connectivity index (χ4v) is 4.08. The zero-order valence-corrected chi connectivity index (χ0v) is 13.4. The minimum atomic E-state index is 0.559. The summed E-state index contributed by atoms with van der Waals surface area (Å²) in [7, 11) is 6.89. The Bertz CT molecular complexity index is 303. The lowest BCUT2D eigenvalue weighted by molar-refractivity contribution is -0.870. The van der Waals surface area contributed by atoms with Gasteiger partial charge in [-0.3, -0.25) is 0 Å². The van der Waals surface area contributed by atoms with Gasteiger partial charge in [-0.2, -0.15) is 0 Å². The molecule has 2 nitrogen and oxygen atoms in total. The average Bonchev–Trinajstić information content (AvgIpc) is 2.36. The Morgan fingerprint density at radius 3 is 2.39 bits per heavy atom. The summed E-state index contributed by atoms with van der Waals surface area (Å²) in [6.07, 6.45) is 4.23. The van der Waals surface area contributed by atoms with E-state index >= 15 is 0 Å². The predicted molar refractivity (Wildman–Crippen MR) is 78.6 cm³/mol. The summed E-state index contributed by atoms with van der Waals surface area (Å²) in [5, 5.41) is 0. The number of rotatable bonds is 4. The van der Waals surface area contributed by atoms with Gasteiger partial charge in [0, 0.05) is 26.1 Å². The first-order valence-electron chi connectivity index (χ1n) is 7.67. The van der Waals surface area contributed by atoms with Gasteiger partial charge in [0.05, 0.1) is 27.7 Å². The van der Waals surface area contributed by atoms with Crippen molar-refractivity contribution < 1.29 is 4.48 Å². The van der Waals surface area contributed by atoms with Gasteiger partial charge in [0.15, 0.2) is 0 Å². The van der Waals surface area contributed by atoms with Crippen LogP contribution in [-0.4, -0.2) is 56.7 Å². The summed E-state index contributed by atoms with van der Waals surface area (Å²) < 4.78 is 1.10. The molecule has 1 aliphatic carbocycles. The molecule has 0 aromatic rings. The Hall–Kier alpha value is -0.0800. The second kappa shape index (κ2) is 4.49. The topological polar surface area (TPSA) is 3.24 Å². The number of quaternary nitrogens is 1. The quantitative estimate of drug-likeness (QED) is 0.696. The maximum atomic E-state index is 2.75. The van der Waals surface area contributed by atoms with E-state index in [1.165, 1.54) is 45.4 Å². The monoisotopic (exact) mass is 253 g/mol. The molecule has 0 radical (unpaired) electrons.